The fraction of sp³-hybridized carbons (Fsp3) is 0.625. The van der Waals surface area contributed by atoms with E-state index in [0.29, 0.717) is 12.1 Å². The Bertz CT molecular complexity index is 673. The third-order valence-electron chi connectivity index (χ3n) is 4.19. The molecule has 0 saturated carbocycles. The molecule has 0 bridgehead atoms. The molecule has 0 radical (unpaired) electrons. The number of nitrogens with zero attached hydrogens (tertiary/aromatic N) is 3. The van der Waals surface area contributed by atoms with Gasteiger partial charge in [0.15, 0.2) is 0 Å². The molecule has 1 aliphatic heterocycles. The number of pyridine rings is 1. The van der Waals surface area contributed by atoms with Gasteiger partial charge in [-0.15, -0.1) is 0 Å². The van der Waals surface area contributed by atoms with Crippen LogP contribution in [0, 0.1) is 5.92 Å². The Balaban J connectivity index is 2.13. The van der Waals surface area contributed by atoms with Gasteiger partial charge in [-0.1, -0.05) is 13.3 Å². The summed E-state index contributed by atoms with van der Waals surface area (Å²) in [5.74, 6) is 0.940. The van der Waals surface area contributed by atoms with Gasteiger partial charge in [-0.3, -0.25) is 4.79 Å². The SMILES string of the molecule is CCC[C@H]1CN(c2ccc(C(=O)N(C)C)cn2)C[C@@H]1NS(C)(=O)=O. The minimum Gasteiger partial charge on any atom is -0.355 e. The molecule has 134 valence electrons. The Morgan fingerprint density at radius 2 is 2.08 bits per heavy atom. The first-order valence-corrected chi connectivity index (χ1v) is 10.0. The summed E-state index contributed by atoms with van der Waals surface area (Å²) in [7, 11) is 0.165. The van der Waals surface area contributed by atoms with Crippen LogP contribution in [-0.4, -0.2) is 63.7 Å². The first kappa shape index (κ1) is 18.7. The molecular formula is C16H26N4O3S. The molecule has 1 aliphatic rings. The van der Waals surface area contributed by atoms with E-state index in [1.807, 2.05) is 6.07 Å². The third kappa shape index (κ3) is 4.67. The van der Waals surface area contributed by atoms with Gasteiger partial charge in [-0.2, -0.15) is 0 Å². The standard InChI is InChI=1S/C16H26N4O3S/c1-5-6-13-10-20(11-14(13)18-24(4,22)23)15-8-7-12(9-17-15)16(21)19(2)3/h7-9,13-14,18H,5-6,10-11H2,1-4H3/t13-,14-/m0/s1. The van der Waals surface area contributed by atoms with Crippen LogP contribution in [0.4, 0.5) is 5.82 Å². The number of nitrogens with one attached hydrogen (secondary N) is 1. The van der Waals surface area contributed by atoms with Crippen LogP contribution in [-0.2, 0) is 10.0 Å². The van der Waals surface area contributed by atoms with Crippen molar-refractivity contribution < 1.29 is 13.2 Å². The van der Waals surface area contributed by atoms with Crippen molar-refractivity contribution in [3.8, 4) is 0 Å². The molecule has 2 rings (SSSR count). The number of hydrogen-bond donors (Lipinski definition) is 1. The molecule has 0 aliphatic carbocycles. The summed E-state index contributed by atoms with van der Waals surface area (Å²) in [6, 6.07) is 3.48. The lowest BCUT2D eigenvalue weighted by Crippen LogP contribution is -2.39. The van der Waals surface area contributed by atoms with Crippen molar-refractivity contribution >= 4 is 21.7 Å². The topological polar surface area (TPSA) is 82.6 Å². The second-order valence-electron chi connectivity index (χ2n) is 6.55. The Morgan fingerprint density at radius 1 is 1.38 bits per heavy atom. The van der Waals surface area contributed by atoms with Crippen molar-refractivity contribution in [2.24, 2.45) is 5.92 Å². The van der Waals surface area contributed by atoms with Crippen LogP contribution in [0.3, 0.4) is 0 Å². The first-order chi connectivity index (χ1) is 11.2. The van der Waals surface area contributed by atoms with Gasteiger partial charge < -0.3 is 9.80 Å². The Kier molecular flexibility index (Phi) is 5.82. The number of carbonyl (C=O) groups excluding carboxylic acids is 1. The van der Waals surface area contributed by atoms with Crippen molar-refractivity contribution in [3.05, 3.63) is 23.9 Å². The van der Waals surface area contributed by atoms with Crippen LogP contribution >= 0.6 is 0 Å². The molecule has 0 spiro atoms. The van der Waals surface area contributed by atoms with Crippen LogP contribution in [0.2, 0.25) is 0 Å². The lowest BCUT2D eigenvalue weighted by atomic mass is 9.99. The zero-order valence-electron chi connectivity index (χ0n) is 14.7. The summed E-state index contributed by atoms with van der Waals surface area (Å²) in [6.45, 7) is 3.45. The molecule has 1 fully saturated rings. The molecule has 0 aromatic carbocycles. The smallest absolute Gasteiger partial charge is 0.254 e. The summed E-state index contributed by atoms with van der Waals surface area (Å²) in [5.41, 5.74) is 0.541. The van der Waals surface area contributed by atoms with Gasteiger partial charge in [0.1, 0.15) is 5.82 Å². The van der Waals surface area contributed by atoms with E-state index in [-0.39, 0.29) is 17.9 Å². The van der Waals surface area contributed by atoms with Crippen molar-refractivity contribution in [1.29, 1.82) is 0 Å². The van der Waals surface area contributed by atoms with Crippen molar-refractivity contribution in [2.75, 3.05) is 38.3 Å². The number of amides is 1. The molecule has 1 saturated heterocycles. The van der Waals surface area contributed by atoms with Gasteiger partial charge in [-0.25, -0.2) is 18.1 Å². The van der Waals surface area contributed by atoms with E-state index in [0.717, 1.165) is 25.2 Å². The van der Waals surface area contributed by atoms with Crippen LogP contribution < -0.4 is 9.62 Å². The number of anilines is 1. The van der Waals surface area contributed by atoms with E-state index in [1.165, 1.54) is 11.2 Å². The maximum atomic E-state index is 11.9. The van der Waals surface area contributed by atoms with Gasteiger partial charge in [0.05, 0.1) is 11.8 Å². The monoisotopic (exact) mass is 354 g/mol. The summed E-state index contributed by atoms with van der Waals surface area (Å²) >= 11 is 0. The van der Waals surface area contributed by atoms with Crippen molar-refractivity contribution in [1.82, 2.24) is 14.6 Å². The zero-order chi connectivity index (χ0) is 17.9. The molecule has 0 unspecified atom stereocenters. The average molecular weight is 354 g/mol. The Morgan fingerprint density at radius 3 is 2.58 bits per heavy atom. The summed E-state index contributed by atoms with van der Waals surface area (Å²) in [6.07, 6.45) is 4.73. The fourth-order valence-electron chi connectivity index (χ4n) is 3.09. The van der Waals surface area contributed by atoms with E-state index in [1.54, 1.807) is 26.4 Å². The van der Waals surface area contributed by atoms with E-state index < -0.39 is 10.0 Å². The quantitative estimate of drug-likeness (QED) is 0.822. The lowest BCUT2D eigenvalue weighted by Gasteiger charge is -2.18. The highest BCUT2D eigenvalue weighted by Gasteiger charge is 2.34. The van der Waals surface area contributed by atoms with Crippen molar-refractivity contribution in [3.63, 3.8) is 0 Å². The average Bonchev–Trinajstić information content (AvgIpc) is 2.88. The van der Waals surface area contributed by atoms with E-state index in [4.69, 9.17) is 0 Å². The normalized spacial score (nSPS) is 21.1. The molecule has 2 heterocycles. The minimum absolute atomic E-state index is 0.0871. The van der Waals surface area contributed by atoms with Crippen molar-refractivity contribution in [2.45, 2.75) is 25.8 Å². The highest BCUT2D eigenvalue weighted by molar-refractivity contribution is 7.88. The predicted molar refractivity (Wildman–Crippen MR) is 94.6 cm³/mol. The number of rotatable bonds is 6. The Labute approximate surface area is 144 Å². The Hall–Kier alpha value is -1.67. The second kappa shape index (κ2) is 7.48. The number of aromatic nitrogens is 1. The van der Waals surface area contributed by atoms with Crippen LogP contribution in [0.25, 0.3) is 0 Å². The number of carbonyl (C=O) groups is 1. The summed E-state index contributed by atoms with van der Waals surface area (Å²) < 4.78 is 25.9. The molecule has 7 nitrogen and oxygen atoms in total. The van der Waals surface area contributed by atoms with E-state index in [9.17, 15) is 13.2 Å². The molecule has 1 aromatic rings. The first-order valence-electron chi connectivity index (χ1n) is 8.11. The molecular weight excluding hydrogens is 328 g/mol. The summed E-state index contributed by atoms with van der Waals surface area (Å²) in [4.78, 5) is 19.9. The van der Waals surface area contributed by atoms with Gasteiger partial charge >= 0.3 is 0 Å². The third-order valence-corrected chi connectivity index (χ3v) is 4.92. The van der Waals surface area contributed by atoms with Crippen LogP contribution in [0.15, 0.2) is 18.3 Å². The molecule has 8 heteroatoms. The van der Waals surface area contributed by atoms with E-state index >= 15 is 0 Å². The van der Waals surface area contributed by atoms with Gasteiger partial charge in [-0.05, 0) is 24.5 Å². The molecule has 1 amide bonds. The van der Waals surface area contributed by atoms with Gasteiger partial charge in [0.25, 0.3) is 5.91 Å². The van der Waals surface area contributed by atoms with E-state index in [2.05, 4.69) is 21.5 Å². The highest BCUT2D eigenvalue weighted by Crippen LogP contribution is 2.26. The lowest BCUT2D eigenvalue weighted by molar-refractivity contribution is 0.0827. The van der Waals surface area contributed by atoms with Crippen LogP contribution in [0.1, 0.15) is 30.1 Å². The maximum Gasteiger partial charge on any atom is 0.254 e. The zero-order valence-corrected chi connectivity index (χ0v) is 15.5. The molecule has 1 aromatic heterocycles. The fourth-order valence-corrected chi connectivity index (χ4v) is 3.90. The predicted octanol–water partition coefficient (Wildman–Crippen LogP) is 0.938. The molecule has 2 atom stereocenters. The van der Waals surface area contributed by atoms with Gasteiger partial charge in [0.2, 0.25) is 10.0 Å². The maximum absolute atomic E-state index is 11.9. The number of sulfonamides is 1. The minimum atomic E-state index is -3.24. The number of hydrogen-bond acceptors (Lipinski definition) is 5. The van der Waals surface area contributed by atoms with Gasteiger partial charge in [0, 0.05) is 39.4 Å². The largest absolute Gasteiger partial charge is 0.355 e. The summed E-state index contributed by atoms with van der Waals surface area (Å²) in [5, 5.41) is 0. The highest BCUT2D eigenvalue weighted by atomic mass is 32.2. The molecule has 24 heavy (non-hydrogen) atoms. The van der Waals surface area contributed by atoms with Crippen LogP contribution in [0.5, 0.6) is 0 Å². The second-order valence-corrected chi connectivity index (χ2v) is 8.33. The molecule has 1 N–H and O–H groups in total.